The van der Waals surface area contributed by atoms with Gasteiger partial charge in [-0.2, -0.15) is 0 Å². The molecular weight excluding hydrogens is 338 g/mol. The van der Waals surface area contributed by atoms with E-state index in [1.165, 1.54) is 6.92 Å². The van der Waals surface area contributed by atoms with Gasteiger partial charge in [-0.3, -0.25) is 14.4 Å². The molecule has 1 aliphatic carbocycles. The zero-order chi connectivity index (χ0) is 19.1. The second-order valence-corrected chi connectivity index (χ2v) is 6.68. The fraction of sp³-hybridized carbons (Fsp3) is 0.0870. The average Bonchev–Trinajstić information content (AvgIpc) is 2.67. The van der Waals surface area contributed by atoms with Gasteiger partial charge in [0.2, 0.25) is 5.91 Å². The monoisotopic (exact) mass is 355 g/mol. The number of carbonyl (C=O) groups excluding carboxylic acids is 3. The van der Waals surface area contributed by atoms with Crippen LogP contribution >= 0.6 is 0 Å². The predicted octanol–water partition coefficient (Wildman–Crippen LogP) is 4.40. The third kappa shape index (κ3) is 2.85. The van der Waals surface area contributed by atoms with Crippen LogP contribution in [-0.2, 0) is 4.79 Å². The first-order valence-corrected chi connectivity index (χ1v) is 8.67. The molecule has 27 heavy (non-hydrogen) atoms. The largest absolute Gasteiger partial charge is 0.326 e. The van der Waals surface area contributed by atoms with Gasteiger partial charge < -0.3 is 5.32 Å². The van der Waals surface area contributed by atoms with Gasteiger partial charge in [-0.25, -0.2) is 0 Å². The minimum atomic E-state index is -0.131. The van der Waals surface area contributed by atoms with E-state index < -0.39 is 0 Å². The van der Waals surface area contributed by atoms with Gasteiger partial charge in [0.15, 0.2) is 11.6 Å². The van der Waals surface area contributed by atoms with Crippen LogP contribution in [-0.4, -0.2) is 17.5 Å². The van der Waals surface area contributed by atoms with E-state index in [0.29, 0.717) is 22.3 Å². The second kappa shape index (κ2) is 6.32. The van der Waals surface area contributed by atoms with E-state index in [4.69, 9.17) is 0 Å². The van der Waals surface area contributed by atoms with Crippen LogP contribution in [0, 0.1) is 6.92 Å². The molecule has 0 aromatic heterocycles. The van der Waals surface area contributed by atoms with Crippen LogP contribution in [0.5, 0.6) is 0 Å². The SMILES string of the molecule is CC(=O)Nc1ccc(-c2ccc3c(c2)C(=O)c2ccccc2C3=O)cc1C. The molecule has 1 amide bonds. The second-order valence-electron chi connectivity index (χ2n) is 6.68. The van der Waals surface area contributed by atoms with Crippen molar-refractivity contribution in [1.29, 1.82) is 0 Å². The van der Waals surface area contributed by atoms with Crippen molar-refractivity contribution < 1.29 is 14.4 Å². The minimum absolute atomic E-state index is 0.121. The summed E-state index contributed by atoms with van der Waals surface area (Å²) in [4.78, 5) is 36.9. The molecule has 1 aliphatic rings. The molecule has 0 heterocycles. The lowest BCUT2D eigenvalue weighted by Gasteiger charge is -2.18. The molecule has 0 atom stereocenters. The number of aryl methyl sites for hydroxylation is 1. The van der Waals surface area contributed by atoms with Crippen LogP contribution in [0.15, 0.2) is 60.7 Å². The molecule has 3 aromatic carbocycles. The lowest BCUT2D eigenvalue weighted by Crippen LogP contribution is -2.20. The highest BCUT2D eigenvalue weighted by Gasteiger charge is 2.29. The van der Waals surface area contributed by atoms with Crippen molar-refractivity contribution in [1.82, 2.24) is 0 Å². The quantitative estimate of drug-likeness (QED) is 0.580. The molecule has 4 nitrogen and oxygen atoms in total. The fourth-order valence-corrected chi connectivity index (χ4v) is 3.45. The molecule has 3 aromatic rings. The zero-order valence-electron chi connectivity index (χ0n) is 15.0. The summed E-state index contributed by atoms with van der Waals surface area (Å²) >= 11 is 0. The van der Waals surface area contributed by atoms with Gasteiger partial charge in [-0.1, -0.05) is 36.4 Å². The Morgan fingerprint density at radius 1 is 0.741 bits per heavy atom. The lowest BCUT2D eigenvalue weighted by atomic mass is 9.83. The molecule has 0 unspecified atom stereocenters. The number of carbonyl (C=O) groups is 3. The van der Waals surface area contributed by atoms with E-state index in [1.807, 2.05) is 31.2 Å². The van der Waals surface area contributed by atoms with E-state index in [9.17, 15) is 14.4 Å². The molecule has 4 heteroatoms. The van der Waals surface area contributed by atoms with Crippen molar-refractivity contribution in [2.75, 3.05) is 5.32 Å². The van der Waals surface area contributed by atoms with Crippen LogP contribution in [0.3, 0.4) is 0 Å². The van der Waals surface area contributed by atoms with Crippen LogP contribution < -0.4 is 5.32 Å². The first kappa shape index (κ1) is 16.9. The Bertz CT molecular complexity index is 1130. The molecule has 0 aliphatic heterocycles. The first-order valence-electron chi connectivity index (χ1n) is 8.67. The number of hydrogen-bond donors (Lipinski definition) is 1. The summed E-state index contributed by atoms with van der Waals surface area (Å²) in [7, 11) is 0. The Morgan fingerprint density at radius 3 is 1.93 bits per heavy atom. The predicted molar refractivity (Wildman–Crippen MR) is 104 cm³/mol. The number of anilines is 1. The number of nitrogens with one attached hydrogen (secondary N) is 1. The van der Waals surface area contributed by atoms with Crippen molar-refractivity contribution in [2.24, 2.45) is 0 Å². The highest BCUT2D eigenvalue weighted by atomic mass is 16.1. The Balaban J connectivity index is 1.78. The normalized spacial score (nSPS) is 12.4. The maximum Gasteiger partial charge on any atom is 0.221 e. The van der Waals surface area contributed by atoms with Gasteiger partial charge in [-0.05, 0) is 47.9 Å². The molecule has 0 bridgehead atoms. The zero-order valence-corrected chi connectivity index (χ0v) is 15.0. The van der Waals surface area contributed by atoms with Gasteiger partial charge in [0.1, 0.15) is 0 Å². The minimum Gasteiger partial charge on any atom is -0.326 e. The van der Waals surface area contributed by atoms with E-state index in [-0.39, 0.29) is 17.5 Å². The van der Waals surface area contributed by atoms with Crippen molar-refractivity contribution in [3.8, 4) is 11.1 Å². The Labute approximate surface area is 156 Å². The number of amides is 1. The van der Waals surface area contributed by atoms with Gasteiger partial charge in [0.05, 0.1) is 0 Å². The standard InChI is InChI=1S/C23H17NO3/c1-13-11-15(8-10-21(13)24-14(2)25)16-7-9-19-20(12-16)23(27)18-6-4-3-5-17(18)22(19)26/h3-12H,1-2H3,(H,24,25). The summed E-state index contributed by atoms with van der Waals surface area (Å²) in [5.41, 5.74) is 5.23. The third-order valence-corrected chi connectivity index (χ3v) is 4.80. The average molecular weight is 355 g/mol. The molecule has 0 fully saturated rings. The van der Waals surface area contributed by atoms with E-state index in [1.54, 1.807) is 36.4 Å². The molecular formula is C23H17NO3. The summed E-state index contributed by atoms with van der Waals surface area (Å²) in [6, 6.07) is 18.0. The molecule has 0 spiro atoms. The van der Waals surface area contributed by atoms with Gasteiger partial charge in [0, 0.05) is 34.9 Å². The smallest absolute Gasteiger partial charge is 0.221 e. The number of hydrogen-bond acceptors (Lipinski definition) is 3. The molecule has 4 rings (SSSR count). The van der Waals surface area contributed by atoms with Crippen molar-refractivity contribution in [2.45, 2.75) is 13.8 Å². The summed E-state index contributed by atoms with van der Waals surface area (Å²) in [6.07, 6.45) is 0. The third-order valence-electron chi connectivity index (χ3n) is 4.80. The molecule has 0 saturated heterocycles. The number of ketones is 2. The van der Waals surface area contributed by atoms with Crippen LogP contribution in [0.4, 0.5) is 5.69 Å². The first-order chi connectivity index (χ1) is 13.0. The van der Waals surface area contributed by atoms with E-state index >= 15 is 0 Å². The van der Waals surface area contributed by atoms with Crippen LogP contribution in [0.25, 0.3) is 11.1 Å². The molecule has 1 N–H and O–H groups in total. The van der Waals surface area contributed by atoms with Gasteiger partial charge in [0.25, 0.3) is 0 Å². The maximum absolute atomic E-state index is 12.9. The van der Waals surface area contributed by atoms with Gasteiger partial charge >= 0.3 is 0 Å². The Morgan fingerprint density at radius 2 is 1.30 bits per heavy atom. The number of rotatable bonds is 2. The lowest BCUT2D eigenvalue weighted by molar-refractivity contribution is -0.114. The fourth-order valence-electron chi connectivity index (χ4n) is 3.45. The summed E-state index contributed by atoms with van der Waals surface area (Å²) in [6.45, 7) is 3.38. The van der Waals surface area contributed by atoms with E-state index in [2.05, 4.69) is 5.32 Å². The number of fused-ring (bicyclic) bond motifs is 2. The Hall–Kier alpha value is -3.53. The van der Waals surface area contributed by atoms with Gasteiger partial charge in [-0.15, -0.1) is 0 Å². The summed E-state index contributed by atoms with van der Waals surface area (Å²) < 4.78 is 0. The van der Waals surface area contributed by atoms with Crippen molar-refractivity contribution in [3.05, 3.63) is 88.5 Å². The highest BCUT2D eigenvalue weighted by molar-refractivity contribution is 6.28. The highest BCUT2D eigenvalue weighted by Crippen LogP contribution is 2.32. The van der Waals surface area contributed by atoms with Crippen molar-refractivity contribution >= 4 is 23.2 Å². The molecule has 0 saturated carbocycles. The summed E-state index contributed by atoms with van der Waals surface area (Å²) in [5, 5.41) is 2.79. The Kier molecular flexibility index (Phi) is 3.96. The molecule has 132 valence electrons. The van der Waals surface area contributed by atoms with Crippen LogP contribution in [0.2, 0.25) is 0 Å². The summed E-state index contributed by atoms with van der Waals surface area (Å²) in [5.74, 6) is -0.375. The van der Waals surface area contributed by atoms with E-state index in [0.717, 1.165) is 22.4 Å². The van der Waals surface area contributed by atoms with Crippen molar-refractivity contribution in [3.63, 3.8) is 0 Å². The van der Waals surface area contributed by atoms with Crippen LogP contribution in [0.1, 0.15) is 44.3 Å². The molecule has 0 radical (unpaired) electrons. The maximum atomic E-state index is 12.9. The number of benzene rings is 3. The topological polar surface area (TPSA) is 63.2 Å².